The Labute approximate surface area is 68.7 Å². The fourth-order valence-corrected chi connectivity index (χ4v) is 0.518. The highest BCUT2D eigenvalue weighted by atomic mass is 16.5. The second-order valence-electron chi connectivity index (χ2n) is 2.00. The van der Waals surface area contributed by atoms with Crippen LogP contribution < -0.4 is 5.73 Å². The molecule has 0 bridgehead atoms. The van der Waals surface area contributed by atoms with Crippen molar-refractivity contribution in [1.82, 2.24) is 0 Å². The minimum Gasteiger partial charge on any atom is -0.405 e. The van der Waals surface area contributed by atoms with E-state index in [-0.39, 0.29) is 6.23 Å². The van der Waals surface area contributed by atoms with Crippen LogP contribution in [0, 0.1) is 0 Å². The lowest BCUT2D eigenvalue weighted by atomic mass is 9.99. The number of hydrogen-bond acceptors (Lipinski definition) is 3. The lowest BCUT2D eigenvalue weighted by molar-refractivity contribution is 0.0836. The summed E-state index contributed by atoms with van der Waals surface area (Å²) in [7, 11) is 5.35. The SMILES string of the molecule is [B]C(C=NC(C)OCC)=CN. The molecule has 4 heteroatoms. The van der Waals surface area contributed by atoms with Gasteiger partial charge in [-0.1, -0.05) is 5.47 Å². The minimum atomic E-state index is -0.154. The molecule has 0 aliphatic heterocycles. The van der Waals surface area contributed by atoms with Crippen LogP contribution in [-0.2, 0) is 4.74 Å². The maximum Gasteiger partial charge on any atom is 0.145 e. The van der Waals surface area contributed by atoms with E-state index < -0.39 is 0 Å². The molecule has 0 spiro atoms. The third-order valence-corrected chi connectivity index (χ3v) is 1.03. The van der Waals surface area contributed by atoms with Gasteiger partial charge in [-0.05, 0) is 20.0 Å². The van der Waals surface area contributed by atoms with E-state index in [1.807, 2.05) is 13.8 Å². The van der Waals surface area contributed by atoms with Crippen molar-refractivity contribution in [2.75, 3.05) is 6.61 Å². The Kier molecular flexibility index (Phi) is 5.56. The topological polar surface area (TPSA) is 47.6 Å². The van der Waals surface area contributed by atoms with Gasteiger partial charge < -0.3 is 10.5 Å². The summed E-state index contributed by atoms with van der Waals surface area (Å²) in [5.74, 6) is 0. The van der Waals surface area contributed by atoms with Crippen LogP contribution in [0.25, 0.3) is 0 Å². The molecule has 2 radical (unpaired) electrons. The van der Waals surface area contributed by atoms with Crippen molar-refractivity contribution in [3.63, 3.8) is 0 Å². The van der Waals surface area contributed by atoms with E-state index in [4.69, 9.17) is 18.3 Å². The van der Waals surface area contributed by atoms with E-state index in [0.717, 1.165) is 0 Å². The number of nitrogens with zero attached hydrogens (tertiary/aromatic N) is 1. The molecular formula is C7H13BN2O. The van der Waals surface area contributed by atoms with Gasteiger partial charge in [0.05, 0.1) is 0 Å². The van der Waals surface area contributed by atoms with Crippen LogP contribution in [0.15, 0.2) is 16.7 Å². The standard InChI is InChI=1S/C7H13BN2O/c1-3-11-6(2)10-5-7(8)4-9/h4-6H,3,9H2,1-2H3. The van der Waals surface area contributed by atoms with Crippen LogP contribution in [0.2, 0.25) is 0 Å². The summed E-state index contributed by atoms with van der Waals surface area (Å²) in [4.78, 5) is 3.96. The summed E-state index contributed by atoms with van der Waals surface area (Å²) in [5, 5.41) is 0. The highest BCUT2D eigenvalue weighted by Gasteiger charge is 1.92. The second kappa shape index (κ2) is 5.98. The highest BCUT2D eigenvalue weighted by molar-refractivity contribution is 6.32. The van der Waals surface area contributed by atoms with Crippen LogP contribution in [0.3, 0.4) is 0 Å². The number of ether oxygens (including phenoxy) is 1. The number of allylic oxidation sites excluding steroid dienone is 1. The minimum absolute atomic E-state index is 0.154. The highest BCUT2D eigenvalue weighted by Crippen LogP contribution is 1.91. The van der Waals surface area contributed by atoms with Crippen LogP contribution in [-0.4, -0.2) is 26.9 Å². The Bertz CT molecular complexity index is 157. The summed E-state index contributed by atoms with van der Waals surface area (Å²) < 4.78 is 5.12. The molecular weight excluding hydrogens is 139 g/mol. The van der Waals surface area contributed by atoms with Gasteiger partial charge in [-0.25, -0.2) is 0 Å². The van der Waals surface area contributed by atoms with Crippen LogP contribution >= 0.6 is 0 Å². The normalized spacial score (nSPS) is 15.6. The molecule has 0 aliphatic rings. The zero-order valence-electron chi connectivity index (χ0n) is 6.95. The first-order valence-electron chi connectivity index (χ1n) is 3.52. The molecule has 0 aliphatic carbocycles. The van der Waals surface area contributed by atoms with Gasteiger partial charge in [-0.3, -0.25) is 4.99 Å². The van der Waals surface area contributed by atoms with Gasteiger partial charge >= 0.3 is 0 Å². The van der Waals surface area contributed by atoms with Crippen molar-refractivity contribution in [2.45, 2.75) is 20.1 Å². The second-order valence-corrected chi connectivity index (χ2v) is 2.00. The zero-order chi connectivity index (χ0) is 8.69. The molecule has 0 fully saturated rings. The van der Waals surface area contributed by atoms with E-state index in [1.165, 1.54) is 12.4 Å². The first-order valence-corrected chi connectivity index (χ1v) is 3.52. The maximum absolute atomic E-state index is 5.35. The average molecular weight is 152 g/mol. The number of hydrogen-bond donors (Lipinski definition) is 1. The first-order chi connectivity index (χ1) is 5.20. The molecule has 1 atom stereocenters. The largest absolute Gasteiger partial charge is 0.405 e. The predicted molar refractivity (Wildman–Crippen MR) is 47.6 cm³/mol. The molecule has 0 aromatic heterocycles. The van der Waals surface area contributed by atoms with Gasteiger partial charge in [0.25, 0.3) is 0 Å². The van der Waals surface area contributed by atoms with E-state index in [2.05, 4.69) is 4.99 Å². The summed E-state index contributed by atoms with van der Waals surface area (Å²) in [6, 6.07) is 0. The van der Waals surface area contributed by atoms with Gasteiger partial charge in [0.1, 0.15) is 14.1 Å². The van der Waals surface area contributed by atoms with E-state index in [9.17, 15) is 0 Å². The average Bonchev–Trinajstić information content (AvgIpc) is 2.01. The van der Waals surface area contributed by atoms with Crippen LogP contribution in [0.4, 0.5) is 0 Å². The van der Waals surface area contributed by atoms with E-state index in [0.29, 0.717) is 12.1 Å². The smallest absolute Gasteiger partial charge is 0.145 e. The molecule has 0 saturated heterocycles. The van der Waals surface area contributed by atoms with Crippen molar-refractivity contribution in [1.29, 1.82) is 0 Å². The quantitative estimate of drug-likeness (QED) is 0.468. The Hall–Kier alpha value is -0.765. The van der Waals surface area contributed by atoms with Crippen LogP contribution in [0.1, 0.15) is 13.8 Å². The van der Waals surface area contributed by atoms with E-state index >= 15 is 0 Å². The Morgan fingerprint density at radius 1 is 1.82 bits per heavy atom. The fourth-order valence-electron chi connectivity index (χ4n) is 0.518. The Morgan fingerprint density at radius 2 is 2.45 bits per heavy atom. The van der Waals surface area contributed by atoms with Gasteiger partial charge in [0.15, 0.2) is 0 Å². The van der Waals surface area contributed by atoms with Crippen molar-refractivity contribution < 1.29 is 4.74 Å². The van der Waals surface area contributed by atoms with Gasteiger partial charge in [-0.15, -0.1) is 0 Å². The van der Waals surface area contributed by atoms with Crippen molar-refractivity contribution in [3.8, 4) is 0 Å². The molecule has 0 aromatic rings. The van der Waals surface area contributed by atoms with Crippen molar-refractivity contribution in [2.24, 2.45) is 10.7 Å². The summed E-state index contributed by atoms with van der Waals surface area (Å²) in [6.45, 7) is 4.39. The molecule has 0 aromatic carbocycles. The number of rotatable bonds is 4. The lowest BCUT2D eigenvalue weighted by Gasteiger charge is -2.04. The van der Waals surface area contributed by atoms with Crippen molar-refractivity contribution in [3.05, 3.63) is 11.7 Å². The van der Waals surface area contributed by atoms with Gasteiger partial charge in [0.2, 0.25) is 0 Å². The molecule has 0 saturated carbocycles. The van der Waals surface area contributed by atoms with Gasteiger partial charge in [0, 0.05) is 12.8 Å². The summed E-state index contributed by atoms with van der Waals surface area (Å²) in [5.41, 5.74) is 5.55. The zero-order valence-corrected chi connectivity index (χ0v) is 6.95. The van der Waals surface area contributed by atoms with Crippen molar-refractivity contribution >= 4 is 14.1 Å². The molecule has 0 heterocycles. The lowest BCUT2D eigenvalue weighted by Crippen LogP contribution is -2.05. The van der Waals surface area contributed by atoms with E-state index in [1.54, 1.807) is 0 Å². The predicted octanol–water partition coefficient (Wildman–Crippen LogP) is 0.408. The van der Waals surface area contributed by atoms with Gasteiger partial charge in [-0.2, -0.15) is 0 Å². The Morgan fingerprint density at radius 3 is 2.91 bits per heavy atom. The van der Waals surface area contributed by atoms with Crippen LogP contribution in [0.5, 0.6) is 0 Å². The molecule has 1 unspecified atom stereocenters. The monoisotopic (exact) mass is 152 g/mol. The maximum atomic E-state index is 5.35. The summed E-state index contributed by atoms with van der Waals surface area (Å²) in [6.07, 6.45) is 2.63. The molecule has 11 heavy (non-hydrogen) atoms. The number of nitrogens with two attached hydrogens (primary N) is 1. The number of aliphatic imine (C=N–C) groups is 1. The molecule has 3 nitrogen and oxygen atoms in total. The fraction of sp³-hybridized carbons (Fsp3) is 0.571. The molecule has 0 rings (SSSR count). The third kappa shape index (κ3) is 5.67. The first kappa shape index (κ1) is 10.2. The molecule has 60 valence electrons. The molecule has 0 amide bonds. The third-order valence-electron chi connectivity index (χ3n) is 1.03. The summed E-state index contributed by atoms with van der Waals surface area (Å²) >= 11 is 0. The molecule has 2 N–H and O–H groups in total. The Balaban J connectivity index is 3.72.